The molecular formula is C12H20O6. The number of carbonyl (C=O) groups is 2. The molecule has 0 aromatic heterocycles. The first-order valence-electron chi connectivity index (χ1n) is 5.91. The first-order chi connectivity index (χ1) is 8.70. The minimum atomic E-state index is -0.579. The van der Waals surface area contributed by atoms with Crippen LogP contribution in [0.5, 0.6) is 0 Å². The lowest BCUT2D eigenvalue weighted by atomic mass is 10.4. The van der Waals surface area contributed by atoms with Crippen LogP contribution in [-0.4, -0.2) is 50.1 Å². The van der Waals surface area contributed by atoms with E-state index < -0.39 is 11.9 Å². The summed E-state index contributed by atoms with van der Waals surface area (Å²) in [4.78, 5) is 19.8. The average Bonchev–Trinajstić information content (AvgIpc) is 2.73. The van der Waals surface area contributed by atoms with Crippen LogP contribution in [0.1, 0.15) is 19.8 Å². The number of ether oxygens (including phenoxy) is 3. The molecule has 0 unspecified atom stereocenters. The summed E-state index contributed by atoms with van der Waals surface area (Å²) in [5.41, 5.74) is 0. The molecular weight excluding hydrogens is 240 g/mol. The molecule has 104 valence electrons. The lowest BCUT2D eigenvalue weighted by molar-refractivity contribution is -0.150. The molecule has 6 heteroatoms. The second-order valence-corrected chi connectivity index (χ2v) is 3.38. The van der Waals surface area contributed by atoms with Gasteiger partial charge in [-0.3, -0.25) is 0 Å². The van der Waals surface area contributed by atoms with Crippen LogP contribution in [0.15, 0.2) is 12.2 Å². The third-order valence-electron chi connectivity index (χ3n) is 1.81. The third kappa shape index (κ3) is 11.3. The normalized spacial score (nSPS) is 13.2. The highest BCUT2D eigenvalue weighted by atomic mass is 16.6. The fraction of sp³-hybridized carbons (Fsp3) is 0.667. The summed E-state index contributed by atoms with van der Waals surface area (Å²) < 4.78 is 14.2. The van der Waals surface area contributed by atoms with E-state index in [1.165, 1.54) is 0 Å². The fourth-order valence-corrected chi connectivity index (χ4v) is 0.936. The monoisotopic (exact) mass is 260 g/mol. The number of cyclic esters (lactones) is 2. The van der Waals surface area contributed by atoms with E-state index in [1.54, 1.807) is 0 Å². The molecule has 6 nitrogen and oxygen atoms in total. The molecule has 0 saturated heterocycles. The number of rotatable bonds is 8. The summed E-state index contributed by atoms with van der Waals surface area (Å²) in [6.45, 7) is 4.68. The van der Waals surface area contributed by atoms with E-state index in [0.29, 0.717) is 19.8 Å². The van der Waals surface area contributed by atoms with Crippen molar-refractivity contribution in [1.29, 1.82) is 0 Å². The highest BCUT2D eigenvalue weighted by molar-refractivity contribution is 6.04. The molecule has 1 aliphatic heterocycles. The van der Waals surface area contributed by atoms with Crippen molar-refractivity contribution in [2.75, 3.05) is 33.0 Å². The molecule has 0 spiro atoms. The van der Waals surface area contributed by atoms with Gasteiger partial charge in [-0.05, 0) is 6.42 Å². The average molecular weight is 260 g/mol. The molecule has 0 radical (unpaired) electrons. The van der Waals surface area contributed by atoms with Gasteiger partial charge in [0.1, 0.15) is 0 Å². The maximum atomic E-state index is 9.92. The highest BCUT2D eigenvalue weighted by Gasteiger charge is 2.10. The summed E-state index contributed by atoms with van der Waals surface area (Å²) in [6.07, 6.45) is 4.45. The maximum absolute atomic E-state index is 9.92. The molecule has 1 heterocycles. The number of esters is 2. The first-order valence-corrected chi connectivity index (χ1v) is 5.91. The number of carbonyl (C=O) groups excluding carboxylic acids is 2. The van der Waals surface area contributed by atoms with Gasteiger partial charge in [-0.25, -0.2) is 9.59 Å². The highest BCUT2D eigenvalue weighted by Crippen LogP contribution is 1.92. The SMILES string of the molecule is CCCCOCCOCCO.O=C1C=CC(=O)O1. The van der Waals surface area contributed by atoms with Crippen LogP contribution in [0, 0.1) is 0 Å². The summed E-state index contributed by atoms with van der Waals surface area (Å²) in [6, 6.07) is 0. The lowest BCUT2D eigenvalue weighted by Gasteiger charge is -2.02. The Kier molecular flexibility index (Phi) is 11.4. The van der Waals surface area contributed by atoms with E-state index in [9.17, 15) is 9.59 Å². The number of aliphatic hydroxyl groups is 1. The topological polar surface area (TPSA) is 82.1 Å². The minimum Gasteiger partial charge on any atom is -0.394 e. The third-order valence-corrected chi connectivity index (χ3v) is 1.81. The fourth-order valence-electron chi connectivity index (χ4n) is 0.936. The van der Waals surface area contributed by atoms with Crippen LogP contribution in [-0.2, 0) is 23.8 Å². The summed E-state index contributed by atoms with van der Waals surface area (Å²) in [7, 11) is 0. The predicted molar refractivity (Wildman–Crippen MR) is 63.9 cm³/mol. The Bertz CT molecular complexity index is 237. The van der Waals surface area contributed by atoms with Gasteiger partial charge >= 0.3 is 11.9 Å². The molecule has 0 amide bonds. The lowest BCUT2D eigenvalue weighted by Crippen LogP contribution is -2.07. The zero-order valence-electron chi connectivity index (χ0n) is 10.6. The Hall–Kier alpha value is -1.24. The van der Waals surface area contributed by atoms with Crippen LogP contribution < -0.4 is 0 Å². The number of aliphatic hydroxyl groups excluding tert-OH is 1. The minimum absolute atomic E-state index is 0.0922. The molecule has 0 aromatic carbocycles. The smallest absolute Gasteiger partial charge is 0.338 e. The molecule has 0 atom stereocenters. The van der Waals surface area contributed by atoms with Gasteiger partial charge in [0, 0.05) is 18.8 Å². The molecule has 0 aliphatic carbocycles. The van der Waals surface area contributed by atoms with Crippen molar-refractivity contribution in [1.82, 2.24) is 0 Å². The Labute approximate surface area is 107 Å². The van der Waals surface area contributed by atoms with Crippen LogP contribution >= 0.6 is 0 Å². The summed E-state index contributed by atoms with van der Waals surface area (Å²) in [5, 5.41) is 8.34. The summed E-state index contributed by atoms with van der Waals surface area (Å²) in [5.74, 6) is -1.16. The molecule has 0 saturated carbocycles. The first kappa shape index (κ1) is 16.8. The zero-order valence-corrected chi connectivity index (χ0v) is 10.6. The molecule has 0 bridgehead atoms. The van der Waals surface area contributed by atoms with E-state index in [-0.39, 0.29) is 6.61 Å². The second-order valence-electron chi connectivity index (χ2n) is 3.38. The largest absolute Gasteiger partial charge is 0.394 e. The standard InChI is InChI=1S/C8H18O3.C4H2O3/c1-2-3-5-10-7-8-11-6-4-9;5-3-1-2-4(6)7-3/h9H,2-8H2,1H3;1-2H. The number of hydrogen-bond donors (Lipinski definition) is 1. The molecule has 1 aliphatic rings. The van der Waals surface area contributed by atoms with Gasteiger partial charge in [0.25, 0.3) is 0 Å². The number of hydrogen-bond acceptors (Lipinski definition) is 6. The van der Waals surface area contributed by atoms with E-state index in [2.05, 4.69) is 11.7 Å². The van der Waals surface area contributed by atoms with Gasteiger partial charge in [-0.15, -0.1) is 0 Å². The van der Waals surface area contributed by atoms with Gasteiger partial charge < -0.3 is 19.3 Å². The van der Waals surface area contributed by atoms with Crippen molar-refractivity contribution in [2.45, 2.75) is 19.8 Å². The quantitative estimate of drug-likeness (QED) is 0.387. The Balaban J connectivity index is 0.000000351. The van der Waals surface area contributed by atoms with Crippen molar-refractivity contribution >= 4 is 11.9 Å². The van der Waals surface area contributed by atoms with Gasteiger partial charge in [0.15, 0.2) is 0 Å². The van der Waals surface area contributed by atoms with Gasteiger partial charge in [-0.2, -0.15) is 0 Å². The van der Waals surface area contributed by atoms with Crippen molar-refractivity contribution < 1.29 is 28.9 Å². The van der Waals surface area contributed by atoms with Crippen LogP contribution in [0.3, 0.4) is 0 Å². The Morgan fingerprint density at radius 3 is 2.00 bits per heavy atom. The van der Waals surface area contributed by atoms with Crippen molar-refractivity contribution in [2.24, 2.45) is 0 Å². The maximum Gasteiger partial charge on any atom is 0.338 e. The summed E-state index contributed by atoms with van der Waals surface area (Å²) >= 11 is 0. The second kappa shape index (κ2) is 12.2. The molecule has 0 fully saturated rings. The number of unbranched alkanes of at least 4 members (excludes halogenated alkanes) is 1. The van der Waals surface area contributed by atoms with Gasteiger partial charge in [0.05, 0.1) is 26.4 Å². The van der Waals surface area contributed by atoms with E-state index in [1.807, 2.05) is 0 Å². The van der Waals surface area contributed by atoms with Crippen molar-refractivity contribution in [3.63, 3.8) is 0 Å². The van der Waals surface area contributed by atoms with E-state index in [0.717, 1.165) is 31.6 Å². The van der Waals surface area contributed by atoms with E-state index in [4.69, 9.17) is 14.6 Å². The Morgan fingerprint density at radius 1 is 1.06 bits per heavy atom. The predicted octanol–water partition coefficient (Wildman–Crippen LogP) is 0.438. The van der Waals surface area contributed by atoms with Crippen LogP contribution in [0.25, 0.3) is 0 Å². The van der Waals surface area contributed by atoms with Crippen molar-refractivity contribution in [3.05, 3.63) is 12.2 Å². The van der Waals surface area contributed by atoms with Gasteiger partial charge in [-0.1, -0.05) is 13.3 Å². The Morgan fingerprint density at radius 2 is 1.61 bits per heavy atom. The molecule has 1 N–H and O–H groups in total. The molecule has 1 rings (SSSR count). The van der Waals surface area contributed by atoms with Crippen LogP contribution in [0.2, 0.25) is 0 Å². The van der Waals surface area contributed by atoms with Crippen molar-refractivity contribution in [3.8, 4) is 0 Å². The van der Waals surface area contributed by atoms with Crippen LogP contribution in [0.4, 0.5) is 0 Å². The van der Waals surface area contributed by atoms with Gasteiger partial charge in [0.2, 0.25) is 0 Å². The molecule has 0 aromatic rings. The molecule has 18 heavy (non-hydrogen) atoms. The zero-order chi connectivity index (χ0) is 13.6. The van der Waals surface area contributed by atoms with E-state index >= 15 is 0 Å².